The number of guanidine groups is 1. The third kappa shape index (κ3) is 10.6. The second-order valence-electron chi connectivity index (χ2n) is 6.87. The van der Waals surface area contributed by atoms with Crippen LogP contribution in [0.5, 0.6) is 0 Å². The van der Waals surface area contributed by atoms with Gasteiger partial charge in [-0.05, 0) is 51.6 Å². The molecular formula is C18H39IN4O2. The Morgan fingerprint density at radius 1 is 1.12 bits per heavy atom. The minimum atomic E-state index is 0. The minimum Gasteiger partial charge on any atom is -0.385 e. The molecule has 0 spiro atoms. The molecule has 1 fully saturated rings. The van der Waals surface area contributed by atoms with Crippen molar-refractivity contribution < 1.29 is 9.47 Å². The van der Waals surface area contributed by atoms with Gasteiger partial charge in [0, 0.05) is 47.0 Å². The van der Waals surface area contributed by atoms with Gasteiger partial charge in [0.15, 0.2) is 5.96 Å². The van der Waals surface area contributed by atoms with Gasteiger partial charge in [-0.1, -0.05) is 6.42 Å². The quantitative estimate of drug-likeness (QED) is 0.187. The number of methoxy groups -OCH3 is 2. The van der Waals surface area contributed by atoms with Gasteiger partial charge in [-0.15, -0.1) is 24.0 Å². The molecule has 1 rings (SSSR count). The number of aliphatic imine (C=N–C) groups is 1. The number of hydrogen-bond acceptors (Lipinski definition) is 4. The summed E-state index contributed by atoms with van der Waals surface area (Å²) in [6.07, 6.45) is 6.11. The van der Waals surface area contributed by atoms with Crippen molar-refractivity contribution in [3.8, 4) is 0 Å². The van der Waals surface area contributed by atoms with Gasteiger partial charge in [0.1, 0.15) is 0 Å². The fraction of sp³-hybridized carbons (Fsp3) is 0.944. The van der Waals surface area contributed by atoms with Crippen molar-refractivity contribution >= 4 is 29.9 Å². The van der Waals surface area contributed by atoms with Crippen molar-refractivity contribution in [1.82, 2.24) is 15.5 Å². The van der Waals surface area contributed by atoms with E-state index in [1.165, 1.54) is 19.3 Å². The molecule has 0 unspecified atom stereocenters. The Kier molecular flexibility index (Phi) is 14.9. The summed E-state index contributed by atoms with van der Waals surface area (Å²) in [5, 5.41) is 6.81. The third-order valence-corrected chi connectivity index (χ3v) is 4.85. The Morgan fingerprint density at radius 3 is 2.40 bits per heavy atom. The van der Waals surface area contributed by atoms with Crippen LogP contribution in [0.4, 0.5) is 0 Å². The van der Waals surface area contributed by atoms with Crippen LogP contribution in [-0.2, 0) is 9.47 Å². The van der Waals surface area contributed by atoms with E-state index in [0.717, 1.165) is 64.7 Å². The van der Waals surface area contributed by atoms with Crippen LogP contribution < -0.4 is 10.6 Å². The predicted octanol–water partition coefficient (Wildman–Crippen LogP) is 2.33. The summed E-state index contributed by atoms with van der Waals surface area (Å²) in [6, 6.07) is 0. The normalized spacial score (nSPS) is 16.3. The Morgan fingerprint density at radius 2 is 1.84 bits per heavy atom. The molecule has 1 aliphatic carbocycles. The third-order valence-electron chi connectivity index (χ3n) is 4.85. The Balaban J connectivity index is 0.00000576. The van der Waals surface area contributed by atoms with E-state index < -0.39 is 0 Å². The molecule has 1 aliphatic rings. The molecular weight excluding hydrogens is 431 g/mol. The average molecular weight is 470 g/mol. The molecule has 0 heterocycles. The molecule has 7 heteroatoms. The molecule has 0 radical (unpaired) electrons. The Labute approximate surface area is 171 Å². The molecule has 0 atom stereocenters. The van der Waals surface area contributed by atoms with Gasteiger partial charge in [0.2, 0.25) is 0 Å². The predicted molar refractivity (Wildman–Crippen MR) is 116 cm³/mol. The number of rotatable bonds is 13. The Bertz CT molecular complexity index is 352. The lowest BCUT2D eigenvalue weighted by Gasteiger charge is -2.40. The summed E-state index contributed by atoms with van der Waals surface area (Å²) < 4.78 is 10.4. The van der Waals surface area contributed by atoms with Gasteiger partial charge in [-0.2, -0.15) is 0 Å². The molecule has 0 aliphatic heterocycles. The van der Waals surface area contributed by atoms with Crippen molar-refractivity contribution in [2.75, 3.05) is 67.2 Å². The average Bonchev–Trinajstić information content (AvgIpc) is 2.55. The maximum Gasteiger partial charge on any atom is 0.191 e. The van der Waals surface area contributed by atoms with E-state index >= 15 is 0 Å². The topological polar surface area (TPSA) is 58.1 Å². The van der Waals surface area contributed by atoms with Gasteiger partial charge in [-0.3, -0.25) is 4.99 Å². The van der Waals surface area contributed by atoms with Crippen LogP contribution in [0.1, 0.15) is 39.0 Å². The van der Waals surface area contributed by atoms with E-state index in [2.05, 4.69) is 29.5 Å². The highest BCUT2D eigenvalue weighted by Crippen LogP contribution is 2.44. The van der Waals surface area contributed by atoms with Gasteiger partial charge in [0.25, 0.3) is 0 Å². The summed E-state index contributed by atoms with van der Waals surface area (Å²) in [5.74, 6) is 0.945. The Hall–Kier alpha value is -0.120. The highest BCUT2D eigenvalue weighted by Gasteiger charge is 2.36. The number of halogens is 1. The second-order valence-corrected chi connectivity index (χ2v) is 6.87. The van der Waals surface area contributed by atoms with Gasteiger partial charge in [0.05, 0.1) is 6.61 Å². The first kappa shape index (κ1) is 24.9. The van der Waals surface area contributed by atoms with Crippen molar-refractivity contribution in [2.24, 2.45) is 10.4 Å². The molecule has 0 saturated heterocycles. The lowest BCUT2D eigenvalue weighted by atomic mass is 9.67. The van der Waals surface area contributed by atoms with E-state index in [0.29, 0.717) is 5.41 Å². The van der Waals surface area contributed by atoms with Crippen molar-refractivity contribution in [1.29, 1.82) is 0 Å². The first-order chi connectivity index (χ1) is 11.7. The van der Waals surface area contributed by atoms with Crippen molar-refractivity contribution in [3.63, 3.8) is 0 Å². The van der Waals surface area contributed by atoms with E-state index in [1.54, 1.807) is 14.2 Å². The van der Waals surface area contributed by atoms with Crippen LogP contribution in [0.25, 0.3) is 0 Å². The lowest BCUT2D eigenvalue weighted by molar-refractivity contribution is 0.0778. The second kappa shape index (κ2) is 15.0. The molecule has 2 N–H and O–H groups in total. The van der Waals surface area contributed by atoms with E-state index in [4.69, 9.17) is 14.5 Å². The first-order valence-corrected chi connectivity index (χ1v) is 9.34. The molecule has 25 heavy (non-hydrogen) atoms. The highest BCUT2D eigenvalue weighted by atomic mass is 127. The largest absolute Gasteiger partial charge is 0.385 e. The standard InChI is InChI=1S/C18H38N4O2.HI/c1-5-19-17(20-11-7-12-22(2)13-15-24-4)21-16-18(8-6-9-18)10-14-23-3;/h5-16H2,1-4H3,(H2,19,20,21);1H. The molecule has 1 saturated carbocycles. The minimum absolute atomic E-state index is 0. The zero-order chi connectivity index (χ0) is 17.7. The molecule has 0 aromatic heterocycles. The fourth-order valence-electron chi connectivity index (χ4n) is 2.99. The summed E-state index contributed by atoms with van der Waals surface area (Å²) in [4.78, 5) is 7.13. The zero-order valence-electron chi connectivity index (χ0n) is 16.6. The molecule has 0 aromatic rings. The van der Waals surface area contributed by atoms with Crippen LogP contribution in [0.2, 0.25) is 0 Å². The fourth-order valence-corrected chi connectivity index (χ4v) is 2.99. The molecule has 0 aromatic carbocycles. The summed E-state index contributed by atoms with van der Waals surface area (Å²) in [5.41, 5.74) is 0.374. The summed E-state index contributed by atoms with van der Waals surface area (Å²) in [7, 11) is 5.66. The smallest absolute Gasteiger partial charge is 0.191 e. The maximum absolute atomic E-state index is 5.26. The van der Waals surface area contributed by atoms with E-state index in [9.17, 15) is 0 Å². The number of likely N-dealkylation sites (N-methyl/N-ethyl adjacent to an activating group) is 1. The van der Waals surface area contributed by atoms with Crippen LogP contribution >= 0.6 is 24.0 Å². The van der Waals surface area contributed by atoms with Crippen LogP contribution in [0.3, 0.4) is 0 Å². The molecule has 6 nitrogen and oxygen atoms in total. The van der Waals surface area contributed by atoms with Crippen molar-refractivity contribution in [2.45, 2.75) is 39.0 Å². The van der Waals surface area contributed by atoms with Crippen LogP contribution in [0.15, 0.2) is 4.99 Å². The maximum atomic E-state index is 5.26. The molecule has 0 amide bonds. The summed E-state index contributed by atoms with van der Waals surface area (Å²) in [6.45, 7) is 8.52. The SMILES string of the molecule is CCNC(=NCC1(CCOC)CCC1)NCCCN(C)CCOC.I. The highest BCUT2D eigenvalue weighted by molar-refractivity contribution is 14.0. The number of nitrogens with zero attached hydrogens (tertiary/aromatic N) is 2. The number of ether oxygens (including phenoxy) is 2. The number of nitrogens with one attached hydrogen (secondary N) is 2. The molecule has 0 bridgehead atoms. The number of hydrogen-bond donors (Lipinski definition) is 2. The van der Waals surface area contributed by atoms with Crippen LogP contribution in [-0.4, -0.2) is 78.1 Å². The lowest BCUT2D eigenvalue weighted by Crippen LogP contribution is -2.41. The zero-order valence-corrected chi connectivity index (χ0v) is 18.9. The van der Waals surface area contributed by atoms with Gasteiger partial charge in [-0.25, -0.2) is 0 Å². The van der Waals surface area contributed by atoms with E-state index in [1.807, 2.05) is 0 Å². The van der Waals surface area contributed by atoms with Crippen molar-refractivity contribution in [3.05, 3.63) is 0 Å². The van der Waals surface area contributed by atoms with Gasteiger partial charge >= 0.3 is 0 Å². The van der Waals surface area contributed by atoms with Gasteiger partial charge < -0.3 is 25.0 Å². The molecule has 150 valence electrons. The monoisotopic (exact) mass is 470 g/mol. The first-order valence-electron chi connectivity index (χ1n) is 9.34. The van der Waals surface area contributed by atoms with E-state index in [-0.39, 0.29) is 24.0 Å². The van der Waals surface area contributed by atoms with Crippen LogP contribution in [0, 0.1) is 5.41 Å². The summed E-state index contributed by atoms with van der Waals surface area (Å²) >= 11 is 0.